The number of anilines is 2. The molecule has 0 radical (unpaired) electrons. The van der Waals surface area contributed by atoms with E-state index < -0.39 is 10.0 Å². The van der Waals surface area contributed by atoms with Crippen LogP contribution in [0.25, 0.3) is 10.8 Å². The predicted octanol–water partition coefficient (Wildman–Crippen LogP) is 4.93. The first kappa shape index (κ1) is 18.1. The van der Waals surface area contributed by atoms with Crippen molar-refractivity contribution in [1.82, 2.24) is 0 Å². The Morgan fingerprint density at radius 2 is 1.74 bits per heavy atom. The third kappa shape index (κ3) is 2.94. The van der Waals surface area contributed by atoms with Crippen molar-refractivity contribution in [1.29, 1.82) is 0 Å². The van der Waals surface area contributed by atoms with Crippen LogP contribution < -0.4 is 9.62 Å². The minimum absolute atomic E-state index is 0.0329. The van der Waals surface area contributed by atoms with Gasteiger partial charge in [-0.15, -0.1) is 0 Å². The molecule has 0 aromatic heterocycles. The Morgan fingerprint density at radius 3 is 2.41 bits per heavy atom. The molecule has 138 valence electrons. The second kappa shape index (κ2) is 6.41. The molecule has 27 heavy (non-hydrogen) atoms. The van der Waals surface area contributed by atoms with Crippen molar-refractivity contribution >= 4 is 61.3 Å². The number of amides is 1. The largest absolute Gasteiger partial charge is 0.308 e. The Kier molecular flexibility index (Phi) is 4.29. The van der Waals surface area contributed by atoms with Gasteiger partial charge in [0.15, 0.2) is 0 Å². The van der Waals surface area contributed by atoms with Gasteiger partial charge in [-0.25, -0.2) is 8.42 Å². The molecule has 1 heterocycles. The van der Waals surface area contributed by atoms with E-state index in [2.05, 4.69) is 4.72 Å². The molecule has 0 saturated heterocycles. The van der Waals surface area contributed by atoms with Crippen LogP contribution in [0.3, 0.4) is 0 Å². The van der Waals surface area contributed by atoms with Crippen LogP contribution in [0.2, 0.25) is 10.0 Å². The number of benzene rings is 3. The first-order chi connectivity index (χ1) is 12.8. The molecule has 8 heteroatoms. The van der Waals surface area contributed by atoms with Crippen LogP contribution in [-0.4, -0.2) is 20.9 Å². The van der Waals surface area contributed by atoms with Gasteiger partial charge in [-0.2, -0.15) is 0 Å². The number of carbonyl (C=O) groups excluding carboxylic acids is 1. The Balaban J connectivity index is 1.85. The fourth-order valence-electron chi connectivity index (χ4n) is 3.34. The highest BCUT2D eigenvalue weighted by atomic mass is 35.5. The van der Waals surface area contributed by atoms with Gasteiger partial charge in [0.05, 0.1) is 16.3 Å². The zero-order valence-corrected chi connectivity index (χ0v) is 16.5. The van der Waals surface area contributed by atoms with Gasteiger partial charge >= 0.3 is 0 Å². The molecule has 0 spiro atoms. The summed E-state index contributed by atoms with van der Waals surface area (Å²) in [6.07, 6.45) is 0. The van der Waals surface area contributed by atoms with Gasteiger partial charge in [0.1, 0.15) is 0 Å². The molecule has 1 N–H and O–H groups in total. The number of carbonyl (C=O) groups is 1. The molecule has 1 aliphatic heterocycles. The lowest BCUT2D eigenvalue weighted by molar-refractivity contribution is 0.0994. The van der Waals surface area contributed by atoms with E-state index >= 15 is 0 Å². The second-order valence-corrected chi connectivity index (χ2v) is 8.68. The van der Waals surface area contributed by atoms with E-state index in [1.165, 1.54) is 18.2 Å². The van der Waals surface area contributed by atoms with Crippen LogP contribution in [0, 0.1) is 0 Å². The zero-order chi connectivity index (χ0) is 19.3. The Morgan fingerprint density at radius 1 is 1.04 bits per heavy atom. The molecular formula is C19H14Cl2N2O3S. The molecule has 0 aliphatic carbocycles. The van der Waals surface area contributed by atoms with Gasteiger partial charge in [-0.1, -0.05) is 35.3 Å². The Hall–Kier alpha value is -2.28. The highest BCUT2D eigenvalue weighted by Crippen LogP contribution is 2.41. The average molecular weight is 421 g/mol. The smallest absolute Gasteiger partial charge is 0.262 e. The normalized spacial score (nSPS) is 13.4. The third-order valence-corrected chi connectivity index (χ3v) is 6.27. The number of rotatable bonds is 4. The van der Waals surface area contributed by atoms with E-state index in [-0.39, 0.29) is 20.8 Å². The fraction of sp³-hybridized carbons (Fsp3) is 0.105. The third-order valence-electron chi connectivity index (χ3n) is 4.49. The summed E-state index contributed by atoms with van der Waals surface area (Å²) in [5.74, 6) is -0.0836. The second-order valence-electron chi connectivity index (χ2n) is 6.12. The Bertz CT molecular complexity index is 1190. The number of nitrogens with zero attached hydrogens (tertiary/aromatic N) is 1. The van der Waals surface area contributed by atoms with Crippen LogP contribution in [-0.2, 0) is 10.0 Å². The summed E-state index contributed by atoms with van der Waals surface area (Å²) in [4.78, 5) is 14.2. The van der Waals surface area contributed by atoms with Crippen molar-refractivity contribution in [2.45, 2.75) is 11.8 Å². The fourth-order valence-corrected chi connectivity index (χ4v) is 5.14. The molecule has 0 unspecified atom stereocenters. The molecule has 3 aromatic carbocycles. The number of hydrogen-bond acceptors (Lipinski definition) is 3. The van der Waals surface area contributed by atoms with Crippen molar-refractivity contribution in [3.8, 4) is 0 Å². The summed E-state index contributed by atoms with van der Waals surface area (Å²) < 4.78 is 28.2. The van der Waals surface area contributed by atoms with E-state index in [1.54, 1.807) is 35.2 Å². The predicted molar refractivity (Wildman–Crippen MR) is 109 cm³/mol. The quantitative estimate of drug-likeness (QED) is 0.650. The van der Waals surface area contributed by atoms with Gasteiger partial charge in [-0.3, -0.25) is 9.52 Å². The summed E-state index contributed by atoms with van der Waals surface area (Å²) >= 11 is 11.9. The lowest BCUT2D eigenvalue weighted by atomic mass is 10.0. The van der Waals surface area contributed by atoms with Crippen LogP contribution in [0.15, 0.2) is 53.4 Å². The van der Waals surface area contributed by atoms with Crippen molar-refractivity contribution in [2.75, 3.05) is 16.2 Å². The molecule has 4 rings (SSSR count). The highest BCUT2D eigenvalue weighted by Gasteiger charge is 2.30. The van der Waals surface area contributed by atoms with Gasteiger partial charge in [0.25, 0.3) is 15.9 Å². The van der Waals surface area contributed by atoms with Gasteiger partial charge < -0.3 is 4.90 Å². The summed E-state index contributed by atoms with van der Waals surface area (Å²) in [6, 6.07) is 12.8. The van der Waals surface area contributed by atoms with Gasteiger partial charge in [0.2, 0.25) is 0 Å². The lowest BCUT2D eigenvalue weighted by Gasteiger charge is -2.16. The maximum atomic E-state index is 12.8. The topological polar surface area (TPSA) is 66.5 Å². The van der Waals surface area contributed by atoms with Crippen molar-refractivity contribution < 1.29 is 13.2 Å². The minimum atomic E-state index is -3.91. The molecule has 0 saturated carbocycles. The maximum Gasteiger partial charge on any atom is 0.262 e. The van der Waals surface area contributed by atoms with Crippen molar-refractivity contribution in [2.24, 2.45) is 0 Å². The number of hydrogen-bond donors (Lipinski definition) is 1. The van der Waals surface area contributed by atoms with E-state index in [0.717, 1.165) is 11.1 Å². The van der Waals surface area contributed by atoms with Gasteiger partial charge in [0, 0.05) is 32.9 Å². The first-order valence-electron chi connectivity index (χ1n) is 8.18. The van der Waals surface area contributed by atoms with E-state index in [0.29, 0.717) is 23.2 Å². The van der Waals surface area contributed by atoms with Crippen LogP contribution in [0.5, 0.6) is 0 Å². The molecule has 0 fully saturated rings. The van der Waals surface area contributed by atoms with E-state index in [1.807, 2.05) is 6.92 Å². The maximum absolute atomic E-state index is 12.8. The average Bonchev–Trinajstić information content (AvgIpc) is 2.89. The highest BCUT2D eigenvalue weighted by molar-refractivity contribution is 7.92. The lowest BCUT2D eigenvalue weighted by Crippen LogP contribution is -2.25. The Labute approximate surface area is 166 Å². The number of halogens is 2. The van der Waals surface area contributed by atoms with Crippen molar-refractivity contribution in [3.05, 3.63) is 64.1 Å². The first-order valence-corrected chi connectivity index (χ1v) is 10.4. The molecule has 1 aliphatic rings. The summed E-state index contributed by atoms with van der Waals surface area (Å²) in [5, 5.41) is 1.86. The van der Waals surface area contributed by atoms with E-state index in [4.69, 9.17) is 23.2 Å². The molecule has 5 nitrogen and oxygen atoms in total. The van der Waals surface area contributed by atoms with Crippen LogP contribution >= 0.6 is 23.2 Å². The SMILES string of the molecule is CCN1C(=O)c2cccc3c(NS(=O)(=O)c4cc(Cl)cc(Cl)c4)ccc1c23. The molecule has 3 aromatic rings. The summed E-state index contributed by atoms with van der Waals surface area (Å²) in [7, 11) is -3.91. The molecule has 0 bridgehead atoms. The van der Waals surface area contributed by atoms with Gasteiger partial charge in [-0.05, 0) is 43.3 Å². The van der Waals surface area contributed by atoms with Crippen molar-refractivity contribution in [3.63, 3.8) is 0 Å². The summed E-state index contributed by atoms with van der Waals surface area (Å²) in [5.41, 5.74) is 1.73. The summed E-state index contributed by atoms with van der Waals surface area (Å²) in [6.45, 7) is 2.43. The monoisotopic (exact) mass is 420 g/mol. The van der Waals surface area contributed by atoms with Crippen LogP contribution in [0.4, 0.5) is 11.4 Å². The molecule has 1 amide bonds. The molecular weight excluding hydrogens is 407 g/mol. The standard InChI is InChI=1S/C19H14Cl2N2O3S/c1-2-23-17-7-6-16(14-4-3-5-15(18(14)17)19(23)24)22-27(25,26)13-9-11(20)8-12(21)10-13/h3-10,22H,2H2,1H3. The minimum Gasteiger partial charge on any atom is -0.308 e. The zero-order valence-electron chi connectivity index (χ0n) is 14.2. The van der Waals surface area contributed by atoms with E-state index in [9.17, 15) is 13.2 Å². The number of sulfonamides is 1. The molecule has 0 atom stereocenters. The number of nitrogens with one attached hydrogen (secondary N) is 1. The van der Waals surface area contributed by atoms with Crippen LogP contribution in [0.1, 0.15) is 17.3 Å².